The van der Waals surface area contributed by atoms with Gasteiger partial charge in [0.1, 0.15) is 17.2 Å². The molecule has 9 nitrogen and oxygen atoms in total. The minimum Gasteiger partial charge on any atom is -0.497 e. The number of hydrogen-bond donors (Lipinski definition) is 1. The van der Waals surface area contributed by atoms with E-state index in [0.717, 1.165) is 10.7 Å². The van der Waals surface area contributed by atoms with Crippen molar-refractivity contribution in [1.82, 2.24) is 9.78 Å². The average molecular weight is 525 g/mol. The van der Waals surface area contributed by atoms with Crippen molar-refractivity contribution in [2.24, 2.45) is 0 Å². The number of benzene rings is 2. The molecule has 0 unspecified atom stereocenters. The van der Waals surface area contributed by atoms with Crippen molar-refractivity contribution in [3.05, 3.63) is 69.0 Å². The summed E-state index contributed by atoms with van der Waals surface area (Å²) in [5, 5.41) is 17.0. The molecule has 13 heteroatoms. The highest BCUT2D eigenvalue weighted by molar-refractivity contribution is 6.32. The number of carbonyl (C=O) groups excluding carboxylic acids is 1. The van der Waals surface area contributed by atoms with Crippen LogP contribution in [0.3, 0.4) is 0 Å². The predicted octanol–water partition coefficient (Wildman–Crippen LogP) is 6.17. The molecule has 3 aromatic rings. The van der Waals surface area contributed by atoms with Gasteiger partial charge in [0, 0.05) is 24.5 Å². The number of aryl methyl sites for hydroxylation is 1. The summed E-state index contributed by atoms with van der Waals surface area (Å²) in [5.74, 6) is 0.387. The molecule has 4 rings (SSSR count). The number of alkyl halides is 3. The van der Waals surface area contributed by atoms with Crippen LogP contribution in [0, 0.1) is 10.1 Å². The van der Waals surface area contributed by atoms with E-state index in [-0.39, 0.29) is 41.7 Å². The van der Waals surface area contributed by atoms with Crippen molar-refractivity contribution in [2.45, 2.75) is 37.9 Å². The number of anilines is 1. The first-order valence-electron chi connectivity index (χ1n) is 10.8. The molecule has 0 bridgehead atoms. The molecule has 0 saturated heterocycles. The minimum atomic E-state index is -4.71. The quantitative estimate of drug-likeness (QED) is 0.265. The molecule has 1 aliphatic carbocycles. The van der Waals surface area contributed by atoms with Gasteiger partial charge in [-0.25, -0.2) is 0 Å². The van der Waals surface area contributed by atoms with Crippen LogP contribution in [-0.2, 0) is 17.5 Å². The molecule has 36 heavy (non-hydrogen) atoms. The van der Waals surface area contributed by atoms with Gasteiger partial charge in [0.05, 0.1) is 41.0 Å². The summed E-state index contributed by atoms with van der Waals surface area (Å²) in [6.07, 6.45) is -3.55. The number of ether oxygens (including phenoxy) is 2. The van der Waals surface area contributed by atoms with Gasteiger partial charge in [-0.15, -0.1) is 0 Å². The predicted molar refractivity (Wildman–Crippen MR) is 124 cm³/mol. The number of carbonyl (C=O) groups is 1. The molecule has 0 radical (unpaired) electrons. The van der Waals surface area contributed by atoms with E-state index in [1.54, 1.807) is 24.3 Å². The number of nitrogens with one attached hydrogen (secondary N) is 1. The van der Waals surface area contributed by atoms with E-state index in [0.29, 0.717) is 24.3 Å². The largest absolute Gasteiger partial charge is 0.497 e. The van der Waals surface area contributed by atoms with Crippen molar-refractivity contribution in [1.29, 1.82) is 0 Å². The number of nitrogens with zero attached hydrogens (tertiary/aromatic N) is 3. The number of non-ortho nitro benzene ring substituents is 1. The second-order valence-corrected chi connectivity index (χ2v) is 8.47. The van der Waals surface area contributed by atoms with Crippen LogP contribution in [0.25, 0.3) is 0 Å². The monoisotopic (exact) mass is 524 g/mol. The third-order valence-electron chi connectivity index (χ3n) is 5.40. The number of methoxy groups -OCH3 is 1. The zero-order chi connectivity index (χ0) is 26.0. The summed E-state index contributed by atoms with van der Waals surface area (Å²) in [5.41, 5.74) is -1.14. The SMILES string of the molecule is COc1ccc(Oc2cc(NC(=O)CCn3nc(C(F)(F)F)c(Cl)c3C3CC3)cc([N+](=O)[O-])c2)cc1. The highest BCUT2D eigenvalue weighted by atomic mass is 35.5. The molecule has 190 valence electrons. The van der Waals surface area contributed by atoms with Crippen molar-refractivity contribution < 1.29 is 32.4 Å². The van der Waals surface area contributed by atoms with Crippen LogP contribution in [0.2, 0.25) is 5.02 Å². The number of nitro benzene ring substituents is 1. The first-order chi connectivity index (χ1) is 17.0. The molecule has 0 spiro atoms. The fourth-order valence-electron chi connectivity index (χ4n) is 3.58. The van der Waals surface area contributed by atoms with Crippen molar-refractivity contribution in [2.75, 3.05) is 12.4 Å². The van der Waals surface area contributed by atoms with Gasteiger partial charge in [0.15, 0.2) is 5.69 Å². The van der Waals surface area contributed by atoms with Crippen LogP contribution < -0.4 is 14.8 Å². The van der Waals surface area contributed by atoms with E-state index < -0.39 is 27.7 Å². The highest BCUT2D eigenvalue weighted by Crippen LogP contribution is 2.47. The van der Waals surface area contributed by atoms with Gasteiger partial charge in [-0.05, 0) is 37.1 Å². The summed E-state index contributed by atoms with van der Waals surface area (Å²) < 4.78 is 51.6. The Hall–Kier alpha value is -3.80. The van der Waals surface area contributed by atoms with Crippen LogP contribution in [0.5, 0.6) is 17.2 Å². The molecular formula is C23H20ClF3N4O5. The van der Waals surface area contributed by atoms with Crippen LogP contribution >= 0.6 is 11.6 Å². The van der Waals surface area contributed by atoms with Crippen LogP contribution in [0.15, 0.2) is 42.5 Å². The lowest BCUT2D eigenvalue weighted by Crippen LogP contribution is -2.16. The molecule has 1 fully saturated rings. The molecule has 1 heterocycles. The molecule has 0 aliphatic heterocycles. The first-order valence-corrected chi connectivity index (χ1v) is 11.2. The van der Waals surface area contributed by atoms with E-state index in [9.17, 15) is 28.1 Å². The Morgan fingerprint density at radius 1 is 1.19 bits per heavy atom. The molecular weight excluding hydrogens is 505 g/mol. The standard InChI is InChI=1S/C23H20ClF3N4O5/c1-35-16-4-6-17(7-5-16)36-18-11-14(10-15(12-18)31(33)34)28-19(32)8-9-30-21(13-2-3-13)20(24)22(29-30)23(25,26)27/h4-7,10-13H,2-3,8-9H2,1H3,(H,28,32). The maximum absolute atomic E-state index is 13.2. The van der Waals surface area contributed by atoms with E-state index in [4.69, 9.17) is 21.1 Å². The zero-order valence-electron chi connectivity index (χ0n) is 18.8. The lowest BCUT2D eigenvalue weighted by Gasteiger charge is -2.11. The minimum absolute atomic E-state index is 0.0922. The number of nitro groups is 1. The van der Waals surface area contributed by atoms with Gasteiger partial charge < -0.3 is 14.8 Å². The Morgan fingerprint density at radius 3 is 2.44 bits per heavy atom. The fourth-order valence-corrected chi connectivity index (χ4v) is 3.98. The van der Waals surface area contributed by atoms with Gasteiger partial charge >= 0.3 is 6.18 Å². The van der Waals surface area contributed by atoms with Gasteiger partial charge in [0.2, 0.25) is 5.91 Å². The van der Waals surface area contributed by atoms with Crippen molar-refractivity contribution in [3.63, 3.8) is 0 Å². The summed E-state index contributed by atoms with van der Waals surface area (Å²) >= 11 is 5.95. The first kappa shape index (κ1) is 25.3. The maximum Gasteiger partial charge on any atom is 0.436 e. The number of amides is 1. The van der Waals surface area contributed by atoms with E-state index in [1.165, 1.54) is 19.2 Å². The Labute approximate surface area is 207 Å². The van der Waals surface area contributed by atoms with Gasteiger partial charge in [-0.2, -0.15) is 18.3 Å². The maximum atomic E-state index is 13.2. The second kappa shape index (κ2) is 10.1. The Kier molecular flexibility index (Phi) is 7.07. The summed E-state index contributed by atoms with van der Waals surface area (Å²) in [6.45, 7) is -0.141. The summed E-state index contributed by atoms with van der Waals surface area (Å²) in [6, 6.07) is 10.3. The normalized spacial score (nSPS) is 13.4. The van der Waals surface area contributed by atoms with Crippen LogP contribution in [0.1, 0.15) is 36.6 Å². The zero-order valence-corrected chi connectivity index (χ0v) is 19.6. The van der Waals surface area contributed by atoms with Crippen molar-refractivity contribution in [3.8, 4) is 17.2 Å². The highest BCUT2D eigenvalue weighted by Gasteiger charge is 2.42. The van der Waals surface area contributed by atoms with E-state index in [1.807, 2.05) is 0 Å². The number of aromatic nitrogens is 2. The molecule has 1 aliphatic rings. The molecule has 1 N–H and O–H groups in total. The molecule has 2 aromatic carbocycles. The Balaban J connectivity index is 1.48. The Bertz CT molecular complexity index is 1290. The third kappa shape index (κ3) is 5.88. The van der Waals surface area contributed by atoms with Crippen LogP contribution in [0.4, 0.5) is 24.5 Å². The number of rotatable bonds is 9. The number of halogens is 4. The fraction of sp³-hybridized carbons (Fsp3) is 0.304. The lowest BCUT2D eigenvalue weighted by molar-refractivity contribution is -0.384. The van der Waals surface area contributed by atoms with Gasteiger partial charge in [-0.3, -0.25) is 19.6 Å². The molecule has 1 aromatic heterocycles. The van der Waals surface area contributed by atoms with Crippen LogP contribution in [-0.4, -0.2) is 27.7 Å². The molecule has 0 atom stereocenters. The molecule has 1 saturated carbocycles. The summed E-state index contributed by atoms with van der Waals surface area (Å²) in [4.78, 5) is 23.3. The molecule has 1 amide bonds. The number of hydrogen-bond acceptors (Lipinski definition) is 6. The van der Waals surface area contributed by atoms with Crippen molar-refractivity contribution >= 4 is 28.9 Å². The van der Waals surface area contributed by atoms with E-state index >= 15 is 0 Å². The smallest absolute Gasteiger partial charge is 0.436 e. The average Bonchev–Trinajstić information content (AvgIpc) is 3.59. The van der Waals surface area contributed by atoms with Gasteiger partial charge in [0.25, 0.3) is 5.69 Å². The van der Waals surface area contributed by atoms with Gasteiger partial charge in [-0.1, -0.05) is 11.6 Å². The lowest BCUT2D eigenvalue weighted by atomic mass is 10.2. The topological polar surface area (TPSA) is 109 Å². The van der Waals surface area contributed by atoms with E-state index in [2.05, 4.69) is 10.4 Å². The Morgan fingerprint density at radius 2 is 1.86 bits per heavy atom. The summed E-state index contributed by atoms with van der Waals surface area (Å²) in [7, 11) is 1.51. The second-order valence-electron chi connectivity index (χ2n) is 8.09. The third-order valence-corrected chi connectivity index (χ3v) is 5.77.